The first-order chi connectivity index (χ1) is 10.8. The maximum Gasteiger partial charge on any atom is 0.163 e. The fraction of sp³-hybridized carbons (Fsp3) is 0.118. The van der Waals surface area contributed by atoms with E-state index in [4.69, 9.17) is 15.3 Å². The molecule has 0 radical (unpaired) electrons. The summed E-state index contributed by atoms with van der Waals surface area (Å²) in [5.74, 6) is 7.76. The number of hydrazine groups is 1. The quantitative estimate of drug-likeness (QED) is 0.561. The largest absolute Gasteiger partial charge is 0.486 e. The Bertz CT molecular complexity index is 834. The molecule has 2 aromatic carbocycles. The third-order valence-corrected chi connectivity index (χ3v) is 3.70. The number of pyridine rings is 1. The number of ether oxygens (including phenoxy) is 2. The average Bonchev–Trinajstić information content (AvgIpc) is 2.59. The Morgan fingerprint density at radius 1 is 0.955 bits per heavy atom. The molecule has 1 aliphatic rings. The van der Waals surface area contributed by atoms with Crippen LogP contribution in [0.25, 0.3) is 22.0 Å². The standard InChI is InChI=1S/C17H15N3O2/c18-20-17-13(11-4-2-1-3-5-11)8-12-9-15-16(10-14(12)19-17)22-7-6-21-15/h1-5,8-10H,6-7,18H2,(H,19,20). The van der Waals surface area contributed by atoms with Gasteiger partial charge in [0.1, 0.15) is 19.0 Å². The van der Waals surface area contributed by atoms with E-state index in [1.54, 1.807) is 0 Å². The van der Waals surface area contributed by atoms with Gasteiger partial charge in [-0.3, -0.25) is 0 Å². The number of benzene rings is 2. The van der Waals surface area contributed by atoms with Gasteiger partial charge in [-0.2, -0.15) is 0 Å². The minimum absolute atomic E-state index is 0.558. The Hall–Kier alpha value is -2.79. The van der Waals surface area contributed by atoms with Crippen LogP contribution in [-0.2, 0) is 0 Å². The molecule has 110 valence electrons. The maximum atomic E-state index is 5.65. The SMILES string of the molecule is NNc1nc2cc3c(cc2cc1-c1ccccc1)OCCO3. The van der Waals surface area contributed by atoms with Crippen LogP contribution in [0.2, 0.25) is 0 Å². The summed E-state index contributed by atoms with van der Waals surface area (Å²) in [6, 6.07) is 15.9. The maximum absolute atomic E-state index is 5.65. The van der Waals surface area contributed by atoms with Crippen LogP contribution in [0.4, 0.5) is 5.82 Å². The molecule has 5 heteroatoms. The first kappa shape index (κ1) is 12.9. The van der Waals surface area contributed by atoms with Gasteiger partial charge in [0.2, 0.25) is 0 Å². The molecule has 1 aliphatic heterocycles. The number of fused-ring (bicyclic) bond motifs is 2. The molecule has 0 aliphatic carbocycles. The van der Waals surface area contributed by atoms with Crippen LogP contribution in [0.15, 0.2) is 48.5 Å². The number of rotatable bonds is 2. The molecule has 0 saturated heterocycles. The van der Waals surface area contributed by atoms with E-state index >= 15 is 0 Å². The molecule has 1 aromatic heterocycles. The van der Waals surface area contributed by atoms with Gasteiger partial charge in [-0.1, -0.05) is 30.3 Å². The Morgan fingerprint density at radius 2 is 1.68 bits per heavy atom. The van der Waals surface area contributed by atoms with Crippen LogP contribution in [0, 0.1) is 0 Å². The number of aromatic nitrogens is 1. The molecule has 5 nitrogen and oxygen atoms in total. The van der Waals surface area contributed by atoms with Crippen molar-refractivity contribution in [1.29, 1.82) is 0 Å². The molecule has 3 aromatic rings. The lowest BCUT2D eigenvalue weighted by atomic mass is 10.0. The normalized spacial score (nSPS) is 13.1. The van der Waals surface area contributed by atoms with Crippen LogP contribution in [-0.4, -0.2) is 18.2 Å². The number of nitrogens with zero attached hydrogens (tertiary/aromatic N) is 1. The Balaban J connectivity index is 1.94. The van der Waals surface area contributed by atoms with Crippen molar-refractivity contribution in [3.8, 4) is 22.6 Å². The van der Waals surface area contributed by atoms with E-state index in [9.17, 15) is 0 Å². The summed E-state index contributed by atoms with van der Waals surface area (Å²) in [5, 5.41) is 0.988. The molecule has 0 saturated carbocycles. The highest BCUT2D eigenvalue weighted by atomic mass is 16.6. The molecular weight excluding hydrogens is 278 g/mol. The summed E-state index contributed by atoms with van der Waals surface area (Å²) < 4.78 is 11.2. The molecule has 0 fully saturated rings. The van der Waals surface area contributed by atoms with E-state index in [2.05, 4.69) is 16.5 Å². The molecule has 0 amide bonds. The van der Waals surface area contributed by atoms with Crippen LogP contribution < -0.4 is 20.7 Å². The molecule has 2 heterocycles. The number of nitrogens with two attached hydrogens (primary N) is 1. The third-order valence-electron chi connectivity index (χ3n) is 3.70. The van der Waals surface area contributed by atoms with Crippen LogP contribution >= 0.6 is 0 Å². The van der Waals surface area contributed by atoms with E-state index in [1.807, 2.05) is 42.5 Å². The molecule has 22 heavy (non-hydrogen) atoms. The molecule has 0 unspecified atom stereocenters. The Labute approximate surface area is 127 Å². The van der Waals surface area contributed by atoms with Crippen molar-refractivity contribution in [2.45, 2.75) is 0 Å². The lowest BCUT2D eigenvalue weighted by Gasteiger charge is -2.19. The average molecular weight is 293 g/mol. The van der Waals surface area contributed by atoms with Gasteiger partial charge in [-0.15, -0.1) is 0 Å². The highest BCUT2D eigenvalue weighted by molar-refractivity contribution is 5.91. The van der Waals surface area contributed by atoms with Gasteiger partial charge in [-0.05, 0) is 17.7 Å². The minimum Gasteiger partial charge on any atom is -0.486 e. The first-order valence-electron chi connectivity index (χ1n) is 7.11. The molecular formula is C17H15N3O2. The zero-order chi connectivity index (χ0) is 14.9. The van der Waals surface area contributed by atoms with Crippen molar-refractivity contribution in [2.24, 2.45) is 5.84 Å². The minimum atomic E-state index is 0.558. The van der Waals surface area contributed by atoms with Gasteiger partial charge in [0, 0.05) is 17.0 Å². The predicted molar refractivity (Wildman–Crippen MR) is 86.0 cm³/mol. The van der Waals surface area contributed by atoms with Gasteiger partial charge in [-0.25, -0.2) is 10.8 Å². The number of hydrogen-bond donors (Lipinski definition) is 2. The van der Waals surface area contributed by atoms with Crippen molar-refractivity contribution < 1.29 is 9.47 Å². The van der Waals surface area contributed by atoms with E-state index in [-0.39, 0.29) is 0 Å². The first-order valence-corrected chi connectivity index (χ1v) is 7.11. The number of anilines is 1. The highest BCUT2D eigenvalue weighted by Gasteiger charge is 2.15. The lowest BCUT2D eigenvalue weighted by Crippen LogP contribution is -2.15. The Morgan fingerprint density at radius 3 is 2.41 bits per heavy atom. The highest BCUT2D eigenvalue weighted by Crippen LogP contribution is 2.37. The second-order valence-corrected chi connectivity index (χ2v) is 5.08. The third kappa shape index (κ3) is 2.12. The van der Waals surface area contributed by atoms with E-state index < -0.39 is 0 Å². The topological polar surface area (TPSA) is 69.4 Å². The zero-order valence-corrected chi connectivity index (χ0v) is 11.9. The van der Waals surface area contributed by atoms with Gasteiger partial charge >= 0.3 is 0 Å². The van der Waals surface area contributed by atoms with Crippen LogP contribution in [0.1, 0.15) is 0 Å². The molecule has 4 rings (SSSR count). The van der Waals surface area contributed by atoms with Gasteiger partial charge < -0.3 is 14.9 Å². The smallest absolute Gasteiger partial charge is 0.163 e. The van der Waals surface area contributed by atoms with Crippen LogP contribution in [0.3, 0.4) is 0 Å². The summed E-state index contributed by atoms with van der Waals surface area (Å²) in [6.07, 6.45) is 0. The van der Waals surface area contributed by atoms with E-state index in [0.29, 0.717) is 19.0 Å². The Kier molecular flexibility index (Phi) is 3.05. The number of nitrogens with one attached hydrogen (secondary N) is 1. The van der Waals surface area contributed by atoms with Crippen LogP contribution in [0.5, 0.6) is 11.5 Å². The lowest BCUT2D eigenvalue weighted by molar-refractivity contribution is 0.172. The van der Waals surface area contributed by atoms with Gasteiger partial charge in [0.15, 0.2) is 11.5 Å². The summed E-state index contributed by atoms with van der Waals surface area (Å²) in [7, 11) is 0. The summed E-state index contributed by atoms with van der Waals surface area (Å²) in [4.78, 5) is 4.61. The molecule has 0 atom stereocenters. The van der Waals surface area contributed by atoms with Crippen molar-refractivity contribution in [3.05, 3.63) is 48.5 Å². The van der Waals surface area contributed by atoms with E-state index in [0.717, 1.165) is 33.5 Å². The number of nitrogen functional groups attached to an aromatic ring is 1. The zero-order valence-electron chi connectivity index (χ0n) is 11.9. The molecule has 0 bridgehead atoms. The summed E-state index contributed by atoms with van der Waals surface area (Å²) in [5.41, 5.74) is 5.51. The van der Waals surface area contributed by atoms with Crippen molar-refractivity contribution in [3.63, 3.8) is 0 Å². The molecule has 0 spiro atoms. The fourth-order valence-corrected chi connectivity index (χ4v) is 2.66. The summed E-state index contributed by atoms with van der Waals surface area (Å²) >= 11 is 0. The van der Waals surface area contributed by atoms with Crippen molar-refractivity contribution in [1.82, 2.24) is 4.98 Å². The summed E-state index contributed by atoms with van der Waals surface area (Å²) in [6.45, 7) is 1.13. The molecule has 3 N–H and O–H groups in total. The van der Waals surface area contributed by atoms with Gasteiger partial charge in [0.05, 0.1) is 5.52 Å². The predicted octanol–water partition coefficient (Wildman–Crippen LogP) is 2.96. The second-order valence-electron chi connectivity index (χ2n) is 5.08. The second kappa shape index (κ2) is 5.20. The van der Waals surface area contributed by atoms with Crippen molar-refractivity contribution in [2.75, 3.05) is 18.6 Å². The van der Waals surface area contributed by atoms with Gasteiger partial charge in [0.25, 0.3) is 0 Å². The van der Waals surface area contributed by atoms with E-state index in [1.165, 1.54) is 0 Å². The number of hydrogen-bond acceptors (Lipinski definition) is 5. The monoisotopic (exact) mass is 293 g/mol. The van der Waals surface area contributed by atoms with Crippen molar-refractivity contribution >= 4 is 16.7 Å². The fourth-order valence-electron chi connectivity index (χ4n) is 2.66.